The van der Waals surface area contributed by atoms with E-state index in [1.165, 1.54) is 0 Å². The Balaban J connectivity index is 2.00. The summed E-state index contributed by atoms with van der Waals surface area (Å²) in [6.07, 6.45) is 2.98. The molecule has 3 heteroatoms. The molecule has 0 spiro atoms. The van der Waals surface area contributed by atoms with E-state index in [9.17, 15) is 0 Å². The van der Waals surface area contributed by atoms with Crippen LogP contribution in [0.1, 0.15) is 11.5 Å². The minimum atomic E-state index is 0.675. The molecule has 0 bridgehead atoms. The maximum Gasteiger partial charge on any atom is 0.177 e. The molecule has 0 N–H and O–H groups in total. The Hall–Kier alpha value is -2.03. The van der Waals surface area contributed by atoms with E-state index in [1.807, 2.05) is 47.9 Å². The van der Waals surface area contributed by atoms with Crippen molar-refractivity contribution in [3.8, 4) is 0 Å². The lowest BCUT2D eigenvalue weighted by atomic mass is 10.3. The van der Waals surface area contributed by atoms with Crippen molar-refractivity contribution in [2.45, 2.75) is 13.5 Å². The fraction of sp³-hybridized carbons (Fsp3) is 0.154. The molecule has 0 aliphatic heterocycles. The van der Waals surface area contributed by atoms with Crippen LogP contribution in [0, 0.1) is 13.3 Å². The molecule has 3 nitrogen and oxygen atoms in total. The second-order valence-electron chi connectivity index (χ2n) is 3.80. The Bertz CT molecular complexity index is 621. The van der Waals surface area contributed by atoms with Crippen LogP contribution >= 0.6 is 0 Å². The zero-order valence-electron chi connectivity index (χ0n) is 8.97. The Morgan fingerprint density at radius 3 is 2.94 bits per heavy atom. The van der Waals surface area contributed by atoms with Gasteiger partial charge in [-0.15, -0.1) is 0 Å². The molecule has 79 valence electrons. The minimum Gasteiger partial charge on any atom is -0.464 e. The van der Waals surface area contributed by atoms with Gasteiger partial charge in [0, 0.05) is 0 Å². The van der Waals surface area contributed by atoms with E-state index < -0.39 is 0 Å². The molecule has 2 aromatic heterocycles. The highest BCUT2D eigenvalue weighted by Crippen LogP contribution is 2.14. The highest BCUT2D eigenvalue weighted by molar-refractivity contribution is 5.74. The normalized spacial score (nSPS) is 11.1. The van der Waals surface area contributed by atoms with Crippen LogP contribution in [0.5, 0.6) is 0 Å². The summed E-state index contributed by atoms with van der Waals surface area (Å²) in [4.78, 5) is 4.22. The summed E-state index contributed by atoms with van der Waals surface area (Å²) in [6, 6.07) is 11.9. The standard InChI is InChI=1S/C13H11N2O/c1-10-6-7-11(16-10)8-15-9-14-12-4-2-3-5-13(12)15/h2-7H,8H2,1H3. The second kappa shape index (κ2) is 3.52. The average molecular weight is 211 g/mol. The molecule has 1 aromatic carbocycles. The van der Waals surface area contributed by atoms with Gasteiger partial charge < -0.3 is 8.98 Å². The topological polar surface area (TPSA) is 31.0 Å². The number of aromatic nitrogens is 2. The molecular weight excluding hydrogens is 200 g/mol. The Morgan fingerprint density at radius 1 is 1.25 bits per heavy atom. The summed E-state index contributed by atoms with van der Waals surface area (Å²) < 4.78 is 7.50. The maximum atomic E-state index is 5.54. The smallest absolute Gasteiger partial charge is 0.177 e. The van der Waals surface area contributed by atoms with Gasteiger partial charge in [-0.1, -0.05) is 12.1 Å². The average Bonchev–Trinajstić information content (AvgIpc) is 2.87. The van der Waals surface area contributed by atoms with Gasteiger partial charge in [-0.3, -0.25) is 0 Å². The van der Waals surface area contributed by atoms with E-state index in [1.54, 1.807) is 0 Å². The summed E-state index contributed by atoms with van der Waals surface area (Å²) in [7, 11) is 0. The molecule has 0 atom stereocenters. The summed E-state index contributed by atoms with van der Waals surface area (Å²) in [5.74, 6) is 1.86. The monoisotopic (exact) mass is 211 g/mol. The van der Waals surface area contributed by atoms with Gasteiger partial charge in [0.05, 0.1) is 17.6 Å². The van der Waals surface area contributed by atoms with Crippen molar-refractivity contribution in [1.82, 2.24) is 9.55 Å². The van der Waals surface area contributed by atoms with Crippen molar-refractivity contribution in [3.63, 3.8) is 0 Å². The lowest BCUT2D eigenvalue weighted by molar-refractivity contribution is 0.472. The zero-order chi connectivity index (χ0) is 11.0. The molecule has 16 heavy (non-hydrogen) atoms. The van der Waals surface area contributed by atoms with Crippen molar-refractivity contribution in [2.24, 2.45) is 0 Å². The van der Waals surface area contributed by atoms with E-state index in [0.717, 1.165) is 22.6 Å². The number of rotatable bonds is 2. The molecule has 0 saturated heterocycles. The van der Waals surface area contributed by atoms with Gasteiger partial charge in [-0.2, -0.15) is 0 Å². The molecule has 2 heterocycles. The molecule has 0 saturated carbocycles. The van der Waals surface area contributed by atoms with Crippen LogP contribution in [0.2, 0.25) is 0 Å². The minimum absolute atomic E-state index is 0.675. The highest BCUT2D eigenvalue weighted by Gasteiger charge is 2.04. The van der Waals surface area contributed by atoms with Gasteiger partial charge in [-0.25, -0.2) is 4.98 Å². The zero-order valence-corrected chi connectivity index (χ0v) is 8.97. The molecule has 0 aliphatic carbocycles. The van der Waals surface area contributed by atoms with Crippen LogP contribution < -0.4 is 0 Å². The van der Waals surface area contributed by atoms with Crippen LogP contribution in [0.4, 0.5) is 0 Å². The van der Waals surface area contributed by atoms with Gasteiger partial charge in [-0.05, 0) is 31.2 Å². The number of nitrogens with zero attached hydrogens (tertiary/aromatic N) is 2. The highest BCUT2D eigenvalue weighted by atomic mass is 16.3. The summed E-state index contributed by atoms with van der Waals surface area (Å²) in [5, 5.41) is 0. The van der Waals surface area contributed by atoms with Crippen molar-refractivity contribution in [2.75, 3.05) is 0 Å². The largest absolute Gasteiger partial charge is 0.464 e. The predicted octanol–water partition coefficient (Wildman–Crippen LogP) is 2.79. The van der Waals surface area contributed by atoms with E-state index in [-0.39, 0.29) is 0 Å². The quantitative estimate of drug-likeness (QED) is 0.652. The van der Waals surface area contributed by atoms with Gasteiger partial charge in [0.25, 0.3) is 0 Å². The second-order valence-corrected chi connectivity index (χ2v) is 3.80. The fourth-order valence-electron chi connectivity index (χ4n) is 1.80. The molecule has 3 rings (SSSR count). The number of fused-ring (bicyclic) bond motifs is 1. The Kier molecular flexibility index (Phi) is 2.03. The summed E-state index contributed by atoms with van der Waals surface area (Å²) >= 11 is 0. The molecule has 0 aliphatic rings. The molecule has 3 aromatic rings. The first-order valence-electron chi connectivity index (χ1n) is 5.21. The van der Waals surface area contributed by atoms with Crippen LogP contribution in [0.25, 0.3) is 11.0 Å². The maximum absolute atomic E-state index is 5.54. The first-order chi connectivity index (χ1) is 7.83. The Labute approximate surface area is 93.3 Å². The lowest BCUT2D eigenvalue weighted by Crippen LogP contribution is -1.96. The van der Waals surface area contributed by atoms with E-state index in [4.69, 9.17) is 4.42 Å². The van der Waals surface area contributed by atoms with E-state index >= 15 is 0 Å². The van der Waals surface area contributed by atoms with E-state index in [0.29, 0.717) is 6.54 Å². The number of hydrogen-bond donors (Lipinski definition) is 0. The first kappa shape index (κ1) is 9.21. The SMILES string of the molecule is Cc1ccc(Cn2[c]nc3ccccc32)o1. The van der Waals surface area contributed by atoms with Crippen LogP contribution in [-0.4, -0.2) is 9.55 Å². The fourth-order valence-corrected chi connectivity index (χ4v) is 1.80. The van der Waals surface area contributed by atoms with Crippen molar-refractivity contribution in [1.29, 1.82) is 0 Å². The number of para-hydroxylation sites is 2. The first-order valence-corrected chi connectivity index (χ1v) is 5.21. The van der Waals surface area contributed by atoms with Gasteiger partial charge in [0.2, 0.25) is 0 Å². The van der Waals surface area contributed by atoms with E-state index in [2.05, 4.69) is 11.3 Å². The third kappa shape index (κ3) is 1.50. The lowest BCUT2D eigenvalue weighted by Gasteiger charge is -2.00. The number of imidazole rings is 1. The Morgan fingerprint density at radius 2 is 2.12 bits per heavy atom. The van der Waals surface area contributed by atoms with Crippen LogP contribution in [0.15, 0.2) is 40.8 Å². The third-order valence-corrected chi connectivity index (χ3v) is 2.57. The number of hydrogen-bond acceptors (Lipinski definition) is 2. The molecular formula is C13H11N2O. The van der Waals surface area contributed by atoms with Crippen molar-refractivity contribution in [3.05, 3.63) is 54.2 Å². The van der Waals surface area contributed by atoms with Gasteiger partial charge in [0.15, 0.2) is 6.33 Å². The predicted molar refractivity (Wildman–Crippen MR) is 61.1 cm³/mol. The van der Waals surface area contributed by atoms with Crippen LogP contribution in [-0.2, 0) is 6.54 Å². The molecule has 0 amide bonds. The summed E-state index contributed by atoms with van der Waals surface area (Å²) in [6.45, 7) is 2.62. The summed E-state index contributed by atoms with van der Waals surface area (Å²) in [5.41, 5.74) is 2.04. The van der Waals surface area contributed by atoms with Crippen molar-refractivity contribution >= 4 is 11.0 Å². The van der Waals surface area contributed by atoms with Crippen molar-refractivity contribution < 1.29 is 4.42 Å². The number of furan rings is 1. The number of benzene rings is 1. The van der Waals surface area contributed by atoms with Gasteiger partial charge >= 0.3 is 0 Å². The van der Waals surface area contributed by atoms with Gasteiger partial charge in [0.1, 0.15) is 11.5 Å². The number of aryl methyl sites for hydroxylation is 1. The molecule has 1 radical (unpaired) electrons. The molecule has 0 unspecified atom stereocenters. The molecule has 0 fully saturated rings. The third-order valence-electron chi connectivity index (χ3n) is 2.57. The van der Waals surface area contributed by atoms with Crippen LogP contribution in [0.3, 0.4) is 0 Å².